The molecule has 0 saturated heterocycles. The highest BCUT2D eigenvalue weighted by molar-refractivity contribution is 5.96. The molecule has 2 spiro atoms. The molecular formula is C44H28. The van der Waals surface area contributed by atoms with E-state index in [2.05, 4.69) is 170 Å². The lowest BCUT2D eigenvalue weighted by atomic mass is 9.51. The molecule has 0 aliphatic heterocycles. The summed E-state index contributed by atoms with van der Waals surface area (Å²) in [7, 11) is 0. The molecule has 10 rings (SSSR count). The van der Waals surface area contributed by atoms with Gasteiger partial charge < -0.3 is 0 Å². The predicted octanol–water partition coefficient (Wildman–Crippen LogP) is 10.4. The normalized spacial score (nSPS) is 15.2. The molecule has 0 saturated carbocycles. The lowest BCUT2D eigenvalue weighted by Gasteiger charge is -2.49. The smallest absolute Gasteiger partial charge is 0.0622 e. The maximum atomic E-state index is 2.43. The Morgan fingerprint density at radius 3 is 1.07 bits per heavy atom. The van der Waals surface area contributed by atoms with Crippen LogP contribution in [0.5, 0.6) is 0 Å². The van der Waals surface area contributed by atoms with Crippen molar-refractivity contribution in [2.24, 2.45) is 0 Å². The minimum absolute atomic E-state index is 0.443. The first-order chi connectivity index (χ1) is 21.9. The van der Waals surface area contributed by atoms with Crippen LogP contribution < -0.4 is 0 Å². The van der Waals surface area contributed by atoms with E-state index >= 15 is 0 Å². The van der Waals surface area contributed by atoms with Crippen LogP contribution in [0.3, 0.4) is 0 Å². The second kappa shape index (κ2) is 8.56. The van der Waals surface area contributed by atoms with Crippen molar-refractivity contribution in [2.45, 2.75) is 10.8 Å². The number of fused-ring (bicyclic) bond motifs is 16. The van der Waals surface area contributed by atoms with E-state index in [-0.39, 0.29) is 0 Å². The number of hydrogen-bond acceptors (Lipinski definition) is 0. The standard InChI is InChI=1S/C44H28/c1-2-15-29(16-3-1)30-21-14-28-41-42(30)44(37-24-10-6-19-33(37)34-20-7-11-25-38(34)44)40-27-13-12-26-39(40)43(41)35-22-8-4-17-31(35)32-18-5-9-23-36(32)43/h1-28H. The van der Waals surface area contributed by atoms with Crippen LogP contribution in [0.25, 0.3) is 33.4 Å². The lowest BCUT2D eigenvalue weighted by molar-refractivity contribution is 0.634. The lowest BCUT2D eigenvalue weighted by Crippen LogP contribution is -2.44. The van der Waals surface area contributed by atoms with Crippen molar-refractivity contribution in [1.82, 2.24) is 0 Å². The van der Waals surface area contributed by atoms with Crippen molar-refractivity contribution in [1.29, 1.82) is 0 Å². The summed E-state index contributed by atoms with van der Waals surface area (Å²) < 4.78 is 0. The molecule has 44 heavy (non-hydrogen) atoms. The summed E-state index contributed by atoms with van der Waals surface area (Å²) in [5, 5.41) is 0. The molecule has 0 atom stereocenters. The third-order valence-electron chi connectivity index (χ3n) is 10.6. The van der Waals surface area contributed by atoms with Gasteiger partial charge in [0, 0.05) is 0 Å². The fourth-order valence-corrected chi connectivity index (χ4v) is 9.15. The van der Waals surface area contributed by atoms with Gasteiger partial charge in [0.2, 0.25) is 0 Å². The second-order valence-corrected chi connectivity index (χ2v) is 12.3. The zero-order valence-corrected chi connectivity index (χ0v) is 24.2. The second-order valence-electron chi connectivity index (χ2n) is 12.3. The van der Waals surface area contributed by atoms with Crippen LogP contribution in [0, 0.1) is 0 Å². The van der Waals surface area contributed by atoms with E-state index in [1.165, 1.54) is 77.9 Å². The van der Waals surface area contributed by atoms with Crippen LogP contribution >= 0.6 is 0 Å². The molecule has 3 aliphatic rings. The largest absolute Gasteiger partial charge is 0.0725 e. The van der Waals surface area contributed by atoms with Gasteiger partial charge in [0.25, 0.3) is 0 Å². The van der Waals surface area contributed by atoms with Crippen LogP contribution in [0.1, 0.15) is 44.5 Å². The van der Waals surface area contributed by atoms with E-state index in [4.69, 9.17) is 0 Å². The molecule has 0 heterocycles. The average Bonchev–Trinajstić information content (AvgIpc) is 3.56. The Morgan fingerprint density at radius 2 is 0.568 bits per heavy atom. The first-order valence-corrected chi connectivity index (χ1v) is 15.5. The maximum absolute atomic E-state index is 2.43. The molecule has 0 N–H and O–H groups in total. The van der Waals surface area contributed by atoms with E-state index in [9.17, 15) is 0 Å². The molecule has 0 nitrogen and oxygen atoms in total. The van der Waals surface area contributed by atoms with E-state index in [0.717, 1.165) is 0 Å². The Morgan fingerprint density at radius 1 is 0.227 bits per heavy atom. The fourth-order valence-electron chi connectivity index (χ4n) is 9.15. The third kappa shape index (κ3) is 2.67. The highest BCUT2D eigenvalue weighted by Gasteiger charge is 2.59. The minimum Gasteiger partial charge on any atom is -0.0622 e. The van der Waals surface area contributed by atoms with Gasteiger partial charge in [-0.1, -0.05) is 170 Å². The Balaban J connectivity index is 1.49. The van der Waals surface area contributed by atoms with Gasteiger partial charge in [-0.15, -0.1) is 0 Å². The van der Waals surface area contributed by atoms with Crippen LogP contribution in [-0.2, 0) is 10.8 Å². The summed E-state index contributed by atoms with van der Waals surface area (Å²) >= 11 is 0. The van der Waals surface area contributed by atoms with Crippen LogP contribution in [0.4, 0.5) is 0 Å². The predicted molar refractivity (Wildman–Crippen MR) is 180 cm³/mol. The zero-order chi connectivity index (χ0) is 28.9. The molecule has 3 aliphatic carbocycles. The van der Waals surface area contributed by atoms with Gasteiger partial charge in [0.05, 0.1) is 10.8 Å². The minimum atomic E-state index is -0.469. The van der Waals surface area contributed by atoms with Gasteiger partial charge in [0.1, 0.15) is 0 Å². The molecule has 0 aromatic heterocycles. The fraction of sp³-hybridized carbons (Fsp3) is 0.0455. The summed E-state index contributed by atoms with van der Waals surface area (Å²) in [6.45, 7) is 0. The molecule has 0 bridgehead atoms. The molecule has 0 fully saturated rings. The molecule has 7 aromatic rings. The Labute approximate surface area is 257 Å². The molecule has 0 radical (unpaired) electrons. The van der Waals surface area contributed by atoms with Gasteiger partial charge in [-0.2, -0.15) is 0 Å². The summed E-state index contributed by atoms with van der Waals surface area (Å²) in [6, 6.07) is 63.9. The van der Waals surface area contributed by atoms with Gasteiger partial charge in [-0.25, -0.2) is 0 Å². The topological polar surface area (TPSA) is 0 Å². The highest BCUT2D eigenvalue weighted by atomic mass is 14.6. The average molecular weight is 557 g/mol. The van der Waals surface area contributed by atoms with Crippen molar-refractivity contribution in [3.63, 3.8) is 0 Å². The van der Waals surface area contributed by atoms with Crippen molar-refractivity contribution < 1.29 is 0 Å². The van der Waals surface area contributed by atoms with Gasteiger partial charge >= 0.3 is 0 Å². The summed E-state index contributed by atoms with van der Waals surface area (Å²) in [4.78, 5) is 0. The molecule has 0 heteroatoms. The van der Waals surface area contributed by atoms with Crippen molar-refractivity contribution >= 4 is 0 Å². The van der Waals surface area contributed by atoms with E-state index in [1.807, 2.05) is 0 Å². The first kappa shape index (κ1) is 24.0. The molecule has 204 valence electrons. The summed E-state index contributed by atoms with van der Waals surface area (Å²) in [5.41, 5.74) is 18.0. The van der Waals surface area contributed by atoms with Crippen LogP contribution in [-0.4, -0.2) is 0 Å². The van der Waals surface area contributed by atoms with Gasteiger partial charge in [-0.3, -0.25) is 0 Å². The van der Waals surface area contributed by atoms with E-state index in [0.29, 0.717) is 0 Å². The Kier molecular flexibility index (Phi) is 4.67. The maximum Gasteiger partial charge on any atom is 0.0725 e. The number of rotatable bonds is 1. The molecule has 7 aromatic carbocycles. The van der Waals surface area contributed by atoms with Gasteiger partial charge in [0.15, 0.2) is 0 Å². The van der Waals surface area contributed by atoms with Crippen molar-refractivity contribution in [3.8, 4) is 33.4 Å². The zero-order valence-electron chi connectivity index (χ0n) is 24.2. The first-order valence-electron chi connectivity index (χ1n) is 15.5. The summed E-state index contributed by atoms with van der Waals surface area (Å²) in [5.74, 6) is 0. The monoisotopic (exact) mass is 556 g/mol. The van der Waals surface area contributed by atoms with Crippen LogP contribution in [0.2, 0.25) is 0 Å². The van der Waals surface area contributed by atoms with Crippen molar-refractivity contribution in [2.75, 3.05) is 0 Å². The quantitative estimate of drug-likeness (QED) is 0.189. The van der Waals surface area contributed by atoms with E-state index < -0.39 is 10.8 Å². The van der Waals surface area contributed by atoms with Gasteiger partial charge in [-0.05, 0) is 77.9 Å². The van der Waals surface area contributed by atoms with Crippen LogP contribution in [0.15, 0.2) is 170 Å². The Hall–Kier alpha value is -5.46. The number of benzene rings is 7. The Bertz CT molecular complexity index is 2200. The summed E-state index contributed by atoms with van der Waals surface area (Å²) in [6.07, 6.45) is 0. The third-order valence-corrected chi connectivity index (χ3v) is 10.6. The molecule has 0 unspecified atom stereocenters. The molecular weight excluding hydrogens is 528 g/mol. The van der Waals surface area contributed by atoms with E-state index in [1.54, 1.807) is 0 Å². The number of hydrogen-bond donors (Lipinski definition) is 0. The van der Waals surface area contributed by atoms with Crippen molar-refractivity contribution in [3.05, 3.63) is 214 Å². The molecule has 0 amide bonds. The highest BCUT2D eigenvalue weighted by Crippen LogP contribution is 2.68. The SMILES string of the molecule is c1ccc(-c2cccc3c2C2(c4ccccc4-c4ccccc42)c2ccccc2C32c3ccccc3-c3ccccc32)cc1.